The van der Waals surface area contributed by atoms with Crippen LogP contribution in [0.4, 0.5) is 0 Å². The van der Waals surface area contributed by atoms with Crippen molar-refractivity contribution < 1.29 is 9.66 Å². The number of benzene rings is 3. The number of nitrogens with zero attached hydrogens (tertiary/aromatic N) is 1. The molecule has 0 spiro atoms. The third-order valence-electron chi connectivity index (χ3n) is 6.78. The SMILES string of the molecule is Cc1cc2c(c(-c3ccccc3OCCCCCCCC[N+](=O)[O-])c1C)Cc1ccccc1-2. The number of unbranched alkanes of at least 4 members (excludes halogenated alkanes) is 5. The number of ether oxygens (including phenoxy) is 1. The molecule has 0 unspecified atom stereocenters. The fraction of sp³-hybridized carbons (Fsp3) is 0.379. The lowest BCUT2D eigenvalue weighted by Crippen LogP contribution is -2.02. The summed E-state index contributed by atoms with van der Waals surface area (Å²) in [7, 11) is 0. The number of rotatable bonds is 11. The van der Waals surface area contributed by atoms with Crippen LogP contribution in [0.2, 0.25) is 0 Å². The van der Waals surface area contributed by atoms with Gasteiger partial charge in [0, 0.05) is 16.9 Å². The van der Waals surface area contributed by atoms with E-state index in [1.54, 1.807) is 0 Å². The number of para-hydroxylation sites is 1. The lowest BCUT2D eigenvalue weighted by atomic mass is 9.88. The Hall–Kier alpha value is -3.14. The van der Waals surface area contributed by atoms with Gasteiger partial charge in [0.05, 0.1) is 6.61 Å². The quantitative estimate of drug-likeness (QED) is 0.137. The van der Waals surface area contributed by atoms with Crippen LogP contribution in [-0.4, -0.2) is 18.1 Å². The van der Waals surface area contributed by atoms with E-state index in [4.69, 9.17) is 4.74 Å². The van der Waals surface area contributed by atoms with Crippen LogP contribution in [0.25, 0.3) is 22.3 Å². The minimum atomic E-state index is -0.227. The van der Waals surface area contributed by atoms with E-state index < -0.39 is 0 Å². The maximum atomic E-state index is 10.4. The average Bonchev–Trinajstić information content (AvgIpc) is 3.17. The molecule has 0 saturated carbocycles. The average molecular weight is 444 g/mol. The molecule has 1 aliphatic carbocycles. The summed E-state index contributed by atoms with van der Waals surface area (Å²) in [6.45, 7) is 5.21. The fourth-order valence-electron chi connectivity index (χ4n) is 4.92. The molecule has 0 aromatic heterocycles. The molecule has 0 bridgehead atoms. The number of hydrogen-bond acceptors (Lipinski definition) is 3. The molecular weight excluding hydrogens is 410 g/mol. The van der Waals surface area contributed by atoms with Crippen LogP contribution in [0.15, 0.2) is 54.6 Å². The third-order valence-corrected chi connectivity index (χ3v) is 6.78. The minimum Gasteiger partial charge on any atom is -0.493 e. The second kappa shape index (κ2) is 10.7. The number of aryl methyl sites for hydroxylation is 1. The van der Waals surface area contributed by atoms with Crippen molar-refractivity contribution in [2.45, 2.75) is 58.8 Å². The summed E-state index contributed by atoms with van der Waals surface area (Å²) < 4.78 is 6.29. The van der Waals surface area contributed by atoms with E-state index in [2.05, 4.69) is 62.4 Å². The zero-order chi connectivity index (χ0) is 23.2. The van der Waals surface area contributed by atoms with Gasteiger partial charge in [0.2, 0.25) is 6.54 Å². The Morgan fingerprint density at radius 1 is 0.848 bits per heavy atom. The van der Waals surface area contributed by atoms with Gasteiger partial charge in [-0.05, 0) is 78.1 Å². The molecule has 0 saturated heterocycles. The second-order valence-corrected chi connectivity index (χ2v) is 9.08. The van der Waals surface area contributed by atoms with Crippen LogP contribution in [0, 0.1) is 24.0 Å². The topological polar surface area (TPSA) is 52.4 Å². The van der Waals surface area contributed by atoms with Gasteiger partial charge < -0.3 is 4.74 Å². The van der Waals surface area contributed by atoms with Gasteiger partial charge in [0.15, 0.2) is 0 Å². The third kappa shape index (κ3) is 5.27. The lowest BCUT2D eigenvalue weighted by Gasteiger charge is -2.19. The van der Waals surface area contributed by atoms with Crippen molar-refractivity contribution in [3.8, 4) is 28.0 Å². The van der Waals surface area contributed by atoms with Crippen molar-refractivity contribution in [2.24, 2.45) is 0 Å². The molecule has 0 heterocycles. The van der Waals surface area contributed by atoms with Crippen molar-refractivity contribution in [2.75, 3.05) is 13.2 Å². The zero-order valence-corrected chi connectivity index (χ0v) is 19.7. The molecule has 172 valence electrons. The summed E-state index contributed by atoms with van der Waals surface area (Å²) in [5.74, 6) is 0.954. The van der Waals surface area contributed by atoms with Crippen LogP contribution >= 0.6 is 0 Å². The highest BCUT2D eigenvalue weighted by Crippen LogP contribution is 2.46. The smallest absolute Gasteiger partial charge is 0.203 e. The minimum absolute atomic E-state index is 0.0903. The molecule has 4 nitrogen and oxygen atoms in total. The molecule has 3 aromatic rings. The summed E-state index contributed by atoms with van der Waals surface area (Å²) in [6.07, 6.45) is 6.83. The fourth-order valence-corrected chi connectivity index (χ4v) is 4.92. The molecule has 3 aromatic carbocycles. The second-order valence-electron chi connectivity index (χ2n) is 9.08. The standard InChI is InChI=1S/C29H33NO3/c1-21-19-26-24-14-8-7-13-23(24)20-27(26)29(22(21)2)25-15-9-10-16-28(25)33-18-12-6-4-3-5-11-17-30(31)32/h7-10,13-16,19H,3-6,11-12,17-18,20H2,1-2H3. The van der Waals surface area contributed by atoms with Crippen molar-refractivity contribution >= 4 is 0 Å². The van der Waals surface area contributed by atoms with Gasteiger partial charge in [0.25, 0.3) is 0 Å². The molecule has 4 heteroatoms. The molecule has 0 radical (unpaired) electrons. The van der Waals surface area contributed by atoms with Crippen molar-refractivity contribution in [3.63, 3.8) is 0 Å². The van der Waals surface area contributed by atoms with Gasteiger partial charge in [-0.2, -0.15) is 0 Å². The first-order chi connectivity index (χ1) is 16.1. The highest BCUT2D eigenvalue weighted by molar-refractivity contribution is 5.88. The summed E-state index contributed by atoms with van der Waals surface area (Å²) in [6, 6.07) is 19.5. The van der Waals surface area contributed by atoms with E-state index >= 15 is 0 Å². The Bertz CT molecular complexity index is 1140. The van der Waals surface area contributed by atoms with Gasteiger partial charge in [-0.1, -0.05) is 67.8 Å². The van der Waals surface area contributed by atoms with Gasteiger partial charge in [-0.15, -0.1) is 0 Å². The maximum Gasteiger partial charge on any atom is 0.203 e. The van der Waals surface area contributed by atoms with Crippen molar-refractivity contribution in [1.29, 1.82) is 0 Å². The Morgan fingerprint density at radius 3 is 2.30 bits per heavy atom. The molecule has 0 fully saturated rings. The molecule has 0 N–H and O–H groups in total. The summed E-state index contributed by atoms with van der Waals surface area (Å²) in [4.78, 5) is 10.2. The van der Waals surface area contributed by atoms with Crippen LogP contribution in [0.3, 0.4) is 0 Å². The number of fused-ring (bicyclic) bond motifs is 3. The molecule has 33 heavy (non-hydrogen) atoms. The first kappa shape index (κ1) is 23.0. The predicted molar refractivity (Wildman–Crippen MR) is 135 cm³/mol. The Kier molecular flexibility index (Phi) is 7.43. The van der Waals surface area contributed by atoms with E-state index in [0.29, 0.717) is 13.0 Å². The van der Waals surface area contributed by atoms with E-state index in [1.165, 1.54) is 44.5 Å². The number of hydrogen-bond donors (Lipinski definition) is 0. The van der Waals surface area contributed by atoms with Crippen LogP contribution < -0.4 is 4.74 Å². The molecule has 1 aliphatic rings. The van der Waals surface area contributed by atoms with Crippen LogP contribution in [0.1, 0.15) is 60.8 Å². The first-order valence-electron chi connectivity index (χ1n) is 12.1. The van der Waals surface area contributed by atoms with Crippen LogP contribution in [0.5, 0.6) is 5.75 Å². The van der Waals surface area contributed by atoms with E-state index in [1.807, 2.05) is 6.07 Å². The normalized spacial score (nSPS) is 11.8. The highest BCUT2D eigenvalue weighted by Gasteiger charge is 2.25. The van der Waals surface area contributed by atoms with Gasteiger partial charge >= 0.3 is 0 Å². The largest absolute Gasteiger partial charge is 0.493 e. The van der Waals surface area contributed by atoms with Gasteiger partial charge in [0.1, 0.15) is 5.75 Å². The predicted octanol–water partition coefficient (Wildman–Crippen LogP) is 7.54. The summed E-state index contributed by atoms with van der Waals surface area (Å²) >= 11 is 0. The van der Waals surface area contributed by atoms with Crippen molar-refractivity contribution in [3.05, 3.63) is 87.0 Å². The Morgan fingerprint density at radius 2 is 1.52 bits per heavy atom. The molecular formula is C29H33NO3. The summed E-state index contributed by atoms with van der Waals surface area (Å²) in [5, 5.41) is 10.4. The number of nitro groups is 1. The first-order valence-corrected chi connectivity index (χ1v) is 12.1. The van der Waals surface area contributed by atoms with Crippen molar-refractivity contribution in [1.82, 2.24) is 0 Å². The summed E-state index contributed by atoms with van der Waals surface area (Å²) in [5.41, 5.74) is 10.7. The van der Waals surface area contributed by atoms with Crippen LogP contribution in [-0.2, 0) is 6.42 Å². The monoisotopic (exact) mass is 443 g/mol. The van der Waals surface area contributed by atoms with Gasteiger partial charge in [-0.3, -0.25) is 10.1 Å². The van der Waals surface area contributed by atoms with E-state index in [9.17, 15) is 10.1 Å². The van der Waals surface area contributed by atoms with E-state index in [-0.39, 0.29) is 11.5 Å². The lowest BCUT2D eigenvalue weighted by molar-refractivity contribution is -0.480. The molecule has 0 aliphatic heterocycles. The van der Waals surface area contributed by atoms with Gasteiger partial charge in [-0.25, -0.2) is 0 Å². The zero-order valence-electron chi connectivity index (χ0n) is 19.7. The molecule has 0 atom stereocenters. The van der Waals surface area contributed by atoms with E-state index in [0.717, 1.165) is 44.3 Å². The Labute approximate surface area is 196 Å². The molecule has 4 rings (SSSR count). The Balaban J connectivity index is 1.44. The maximum absolute atomic E-state index is 10.4. The highest BCUT2D eigenvalue weighted by atomic mass is 16.6. The molecule has 0 amide bonds.